The summed E-state index contributed by atoms with van der Waals surface area (Å²) in [6.07, 6.45) is 0.518. The Bertz CT molecular complexity index is 1110. The van der Waals surface area contributed by atoms with Crippen LogP contribution in [0.4, 0.5) is 0 Å². The summed E-state index contributed by atoms with van der Waals surface area (Å²) < 4.78 is 39.4. The zero-order valence-electron chi connectivity index (χ0n) is 19.0. The SMILES string of the molecule is COc1ccc(S(=O)Cc2ccc(C(=O)NCCc3ccc(OC)c(OC)c3OC)o2)cc1. The summed E-state index contributed by atoms with van der Waals surface area (Å²) in [7, 11) is 4.93. The third-order valence-electron chi connectivity index (χ3n) is 4.95. The van der Waals surface area contributed by atoms with Crippen molar-refractivity contribution in [1.82, 2.24) is 5.32 Å². The lowest BCUT2D eigenvalue weighted by molar-refractivity contribution is 0.0925. The molecule has 0 fully saturated rings. The lowest BCUT2D eigenvalue weighted by Crippen LogP contribution is -2.25. The molecule has 8 nitrogen and oxygen atoms in total. The van der Waals surface area contributed by atoms with Crippen LogP contribution in [-0.4, -0.2) is 45.1 Å². The molecule has 1 heterocycles. The van der Waals surface area contributed by atoms with E-state index in [-0.39, 0.29) is 17.4 Å². The Morgan fingerprint density at radius 1 is 0.879 bits per heavy atom. The van der Waals surface area contributed by atoms with Crippen molar-refractivity contribution in [3.05, 3.63) is 65.6 Å². The number of hydrogen-bond donors (Lipinski definition) is 1. The number of carbonyl (C=O) groups is 1. The van der Waals surface area contributed by atoms with Crippen LogP contribution in [0, 0.1) is 0 Å². The minimum Gasteiger partial charge on any atom is -0.497 e. The summed E-state index contributed by atoms with van der Waals surface area (Å²) in [5, 5.41) is 2.83. The Labute approximate surface area is 195 Å². The Balaban J connectivity index is 1.57. The Morgan fingerprint density at radius 2 is 1.61 bits per heavy atom. The van der Waals surface area contributed by atoms with Crippen LogP contribution < -0.4 is 24.3 Å². The van der Waals surface area contributed by atoms with Gasteiger partial charge in [0, 0.05) is 17.0 Å². The second-order valence-corrected chi connectivity index (χ2v) is 8.38. The third-order valence-corrected chi connectivity index (χ3v) is 6.29. The fourth-order valence-electron chi connectivity index (χ4n) is 3.28. The maximum absolute atomic E-state index is 12.6. The highest BCUT2D eigenvalue weighted by molar-refractivity contribution is 7.84. The smallest absolute Gasteiger partial charge is 0.287 e. The van der Waals surface area contributed by atoms with Crippen molar-refractivity contribution in [2.24, 2.45) is 0 Å². The molecule has 3 rings (SSSR count). The highest BCUT2D eigenvalue weighted by atomic mass is 32.2. The molecule has 0 spiro atoms. The van der Waals surface area contributed by atoms with Gasteiger partial charge >= 0.3 is 0 Å². The Morgan fingerprint density at radius 3 is 2.24 bits per heavy atom. The van der Waals surface area contributed by atoms with Crippen molar-refractivity contribution in [3.63, 3.8) is 0 Å². The lowest BCUT2D eigenvalue weighted by Gasteiger charge is -2.15. The molecule has 0 saturated heterocycles. The molecule has 0 bridgehead atoms. The Hall–Kier alpha value is -3.46. The zero-order chi connectivity index (χ0) is 23.8. The van der Waals surface area contributed by atoms with Gasteiger partial charge in [-0.05, 0) is 48.9 Å². The number of furan rings is 1. The fourth-order valence-corrected chi connectivity index (χ4v) is 4.30. The topological polar surface area (TPSA) is 96.2 Å². The normalized spacial score (nSPS) is 11.5. The van der Waals surface area contributed by atoms with Crippen LogP contribution in [0.25, 0.3) is 0 Å². The van der Waals surface area contributed by atoms with Crippen molar-refractivity contribution < 1.29 is 32.4 Å². The van der Waals surface area contributed by atoms with Gasteiger partial charge in [0.15, 0.2) is 17.3 Å². The average molecular weight is 474 g/mol. The first-order chi connectivity index (χ1) is 16.0. The van der Waals surface area contributed by atoms with Crippen LogP contribution in [0.15, 0.2) is 57.8 Å². The van der Waals surface area contributed by atoms with E-state index in [1.54, 1.807) is 70.9 Å². The van der Waals surface area contributed by atoms with E-state index in [4.69, 9.17) is 23.4 Å². The number of amides is 1. The Kier molecular flexibility index (Phi) is 8.37. The maximum atomic E-state index is 12.6. The molecular weight excluding hydrogens is 446 g/mol. The van der Waals surface area contributed by atoms with E-state index in [1.165, 1.54) is 0 Å². The van der Waals surface area contributed by atoms with Gasteiger partial charge in [-0.15, -0.1) is 0 Å². The van der Waals surface area contributed by atoms with E-state index < -0.39 is 10.8 Å². The first-order valence-corrected chi connectivity index (χ1v) is 11.5. The van der Waals surface area contributed by atoms with Crippen LogP contribution in [0.1, 0.15) is 21.9 Å². The third kappa shape index (κ3) is 5.87. The number of rotatable bonds is 11. The van der Waals surface area contributed by atoms with Crippen molar-refractivity contribution in [2.75, 3.05) is 35.0 Å². The molecule has 176 valence electrons. The predicted octanol–water partition coefficient (Wildman–Crippen LogP) is 3.59. The van der Waals surface area contributed by atoms with Crippen molar-refractivity contribution >= 4 is 16.7 Å². The summed E-state index contributed by atoms with van der Waals surface area (Å²) in [6, 6.07) is 13.9. The predicted molar refractivity (Wildman–Crippen MR) is 124 cm³/mol. The number of nitrogens with one attached hydrogen (secondary N) is 1. The molecule has 3 aromatic rings. The van der Waals surface area contributed by atoms with Gasteiger partial charge in [-0.25, -0.2) is 0 Å². The number of hydrogen-bond acceptors (Lipinski definition) is 7. The molecule has 1 amide bonds. The number of carbonyl (C=O) groups excluding carboxylic acids is 1. The van der Waals surface area contributed by atoms with Crippen LogP contribution >= 0.6 is 0 Å². The van der Waals surface area contributed by atoms with E-state index in [0.29, 0.717) is 46.6 Å². The maximum Gasteiger partial charge on any atom is 0.287 e. The van der Waals surface area contributed by atoms with E-state index in [0.717, 1.165) is 5.56 Å². The number of benzene rings is 2. The van der Waals surface area contributed by atoms with Crippen LogP contribution in [0.2, 0.25) is 0 Å². The van der Waals surface area contributed by atoms with Gasteiger partial charge in [-0.1, -0.05) is 6.07 Å². The molecule has 0 saturated carbocycles. The molecule has 33 heavy (non-hydrogen) atoms. The summed E-state index contributed by atoms with van der Waals surface area (Å²) in [5.41, 5.74) is 0.866. The standard InChI is InChI=1S/C24H27NO7S/c1-28-17-6-9-19(10-7-17)33(27)15-18-8-12-21(32-18)24(26)25-14-13-16-5-11-20(29-2)23(31-4)22(16)30-3/h5-12H,13-15H2,1-4H3,(H,25,26). The van der Waals surface area contributed by atoms with Crippen molar-refractivity contribution in [2.45, 2.75) is 17.1 Å². The zero-order valence-corrected chi connectivity index (χ0v) is 19.8. The molecule has 0 aliphatic heterocycles. The van der Waals surface area contributed by atoms with Gasteiger partial charge in [-0.3, -0.25) is 9.00 Å². The molecular formula is C24H27NO7S. The van der Waals surface area contributed by atoms with Gasteiger partial charge in [0.25, 0.3) is 5.91 Å². The van der Waals surface area contributed by atoms with Crippen LogP contribution in [-0.2, 0) is 23.0 Å². The second-order valence-electron chi connectivity index (χ2n) is 6.93. The summed E-state index contributed by atoms with van der Waals surface area (Å²) in [4.78, 5) is 13.1. The van der Waals surface area contributed by atoms with E-state index >= 15 is 0 Å². The van der Waals surface area contributed by atoms with Crippen molar-refractivity contribution in [3.8, 4) is 23.0 Å². The molecule has 1 aromatic heterocycles. The lowest BCUT2D eigenvalue weighted by atomic mass is 10.1. The van der Waals surface area contributed by atoms with Crippen LogP contribution in [0.3, 0.4) is 0 Å². The van der Waals surface area contributed by atoms with Crippen LogP contribution in [0.5, 0.6) is 23.0 Å². The minimum atomic E-state index is -1.30. The first kappa shape index (κ1) is 24.2. The monoisotopic (exact) mass is 473 g/mol. The van der Waals surface area contributed by atoms with Gasteiger partial charge in [-0.2, -0.15) is 0 Å². The molecule has 1 atom stereocenters. The van der Waals surface area contributed by atoms with E-state index in [9.17, 15) is 9.00 Å². The molecule has 0 radical (unpaired) electrons. The van der Waals surface area contributed by atoms with Gasteiger partial charge < -0.3 is 28.7 Å². The highest BCUT2D eigenvalue weighted by Crippen LogP contribution is 2.39. The fraction of sp³-hybridized carbons (Fsp3) is 0.292. The first-order valence-electron chi connectivity index (χ1n) is 10.2. The van der Waals surface area contributed by atoms with Gasteiger partial charge in [0.05, 0.1) is 45.0 Å². The van der Waals surface area contributed by atoms with E-state index in [2.05, 4.69) is 5.32 Å². The molecule has 1 N–H and O–H groups in total. The number of ether oxygens (including phenoxy) is 4. The van der Waals surface area contributed by atoms with E-state index in [1.807, 2.05) is 6.07 Å². The quantitative estimate of drug-likeness (QED) is 0.455. The minimum absolute atomic E-state index is 0.163. The molecule has 2 aromatic carbocycles. The number of methoxy groups -OCH3 is 4. The summed E-state index contributed by atoms with van der Waals surface area (Å²) in [6.45, 7) is 0.360. The molecule has 9 heteroatoms. The van der Waals surface area contributed by atoms with Gasteiger partial charge in [0.1, 0.15) is 11.5 Å². The second kappa shape index (κ2) is 11.4. The van der Waals surface area contributed by atoms with Gasteiger partial charge in [0.2, 0.25) is 5.75 Å². The van der Waals surface area contributed by atoms with Crippen molar-refractivity contribution in [1.29, 1.82) is 0 Å². The molecule has 0 aliphatic carbocycles. The highest BCUT2D eigenvalue weighted by Gasteiger charge is 2.17. The molecule has 1 unspecified atom stereocenters. The average Bonchev–Trinajstić information content (AvgIpc) is 3.31. The molecule has 0 aliphatic rings. The summed E-state index contributed by atoms with van der Waals surface area (Å²) >= 11 is 0. The largest absolute Gasteiger partial charge is 0.497 e. The summed E-state index contributed by atoms with van der Waals surface area (Å²) in [5.74, 6) is 2.78.